The number of aromatic nitrogens is 6. The third-order valence-corrected chi connectivity index (χ3v) is 21.5. The first kappa shape index (κ1) is 64.1. The van der Waals surface area contributed by atoms with Crippen molar-refractivity contribution in [2.75, 3.05) is 26.2 Å². The second-order valence-electron chi connectivity index (χ2n) is 26.6. The molecule has 0 radical (unpaired) electrons. The summed E-state index contributed by atoms with van der Waals surface area (Å²) < 4.78 is 26.2. The number of amides is 1. The lowest BCUT2D eigenvalue weighted by atomic mass is 9.86. The van der Waals surface area contributed by atoms with Crippen molar-refractivity contribution in [3.05, 3.63) is 177 Å². The van der Waals surface area contributed by atoms with Crippen molar-refractivity contribution in [1.29, 1.82) is 0 Å². The SMILES string of the molecule is CC[C@@]1(O)C(=O)OCc2c1cc1n(c2=O)Cc2cc3ccccc3nc2-1.CCc1c2c(nc3ccc(O)cc13)-c1cc3c(c(=O)n1C2)COC(=O)[C@]3(O)CC.CCc1c2c(nc3ccc(OC(=O)N4CCC(N5CCCCC5)CC4)cc13)-c1cc3c(c(=O)n1C2)COC(=O)[C@]3(O)CC. The number of hydrogen-bond acceptors (Lipinski definition) is 19. The van der Waals surface area contributed by atoms with E-state index in [0.29, 0.717) is 119 Å². The van der Waals surface area contributed by atoms with E-state index in [9.17, 15) is 54.0 Å². The Bertz CT molecular complexity index is 5120. The molecular weight excluding hydrogens is 1250 g/mol. The van der Waals surface area contributed by atoms with Gasteiger partial charge in [-0.25, -0.2) is 34.1 Å². The van der Waals surface area contributed by atoms with Gasteiger partial charge in [-0.15, -0.1) is 0 Å². The average Bonchev–Trinajstić information content (AvgIpc) is 1.51. The van der Waals surface area contributed by atoms with E-state index in [1.165, 1.54) is 32.4 Å². The molecule has 23 heteroatoms. The largest absolute Gasteiger partial charge is 0.508 e. The zero-order valence-electron chi connectivity index (χ0n) is 55.2. The summed E-state index contributed by atoms with van der Waals surface area (Å²) in [4.78, 5) is 109. The molecule has 1 amide bonds. The minimum absolute atomic E-state index is 0.0951. The molecule has 17 rings (SSSR count). The number of fused-ring (bicyclic) bond motifs is 15. The van der Waals surface area contributed by atoms with Gasteiger partial charge in [0, 0.05) is 68.7 Å². The number of para-hydroxylation sites is 1. The van der Waals surface area contributed by atoms with Crippen LogP contribution in [0.4, 0.5) is 4.79 Å². The summed E-state index contributed by atoms with van der Waals surface area (Å²) in [5, 5.41) is 45.6. The molecule has 4 N–H and O–H groups in total. The van der Waals surface area contributed by atoms with Gasteiger partial charge in [-0.3, -0.25) is 14.4 Å². The van der Waals surface area contributed by atoms with Gasteiger partial charge in [-0.2, -0.15) is 0 Å². The number of esters is 3. The lowest BCUT2D eigenvalue weighted by Gasteiger charge is -2.39. The molecule has 8 aliphatic rings. The van der Waals surface area contributed by atoms with Crippen LogP contribution in [0.1, 0.15) is 147 Å². The van der Waals surface area contributed by atoms with E-state index in [4.69, 9.17) is 33.9 Å². The minimum atomic E-state index is -1.86. The molecule has 9 aromatic rings. The lowest BCUT2D eigenvalue weighted by molar-refractivity contribution is -0.172. The second-order valence-corrected chi connectivity index (χ2v) is 26.6. The summed E-state index contributed by atoms with van der Waals surface area (Å²) in [6, 6.07) is 26.1. The Morgan fingerprint density at radius 2 is 0.980 bits per heavy atom. The number of ether oxygens (including phenoxy) is 4. The smallest absolute Gasteiger partial charge is 0.415 e. The van der Waals surface area contributed by atoms with Crippen LogP contribution in [-0.4, -0.2) is 115 Å². The van der Waals surface area contributed by atoms with Crippen LogP contribution in [0.15, 0.2) is 99.3 Å². The van der Waals surface area contributed by atoms with Gasteiger partial charge in [0.1, 0.15) is 31.3 Å². The standard InChI is InChI=1S/C33H38N4O6.C22H20N2O5.C20H16N2O4/c1-3-22-23-16-21(43-32(40)36-14-10-20(11-15-36)35-12-6-5-7-13-35)8-9-27(23)34-29-24(22)18-37-28(29)17-26-25(30(37)38)19-42-31(39)33(26,41)4-2;1-3-12-13-7-11(25)5-6-17(13)23-19-14(12)9-24-18(19)8-16-15(20(24)26)10-29-21(27)22(16,28)4-2;1-2-20(25)14-8-16-17-12(7-11-5-3-4-6-15(11)21-17)9-22(16)18(23)13(14)10-26-19(20)24/h8-9,16-17,20,41H,3-7,10-15,18-19H2,1-2H3;5-8,25,28H,3-4,9-10H2,1-2H3;3-8,25H,2,9-10H2,1H3/t33-;22-;20-/m000/s1. The van der Waals surface area contributed by atoms with E-state index in [-0.39, 0.29) is 67.6 Å². The highest BCUT2D eigenvalue weighted by atomic mass is 16.6. The zero-order valence-corrected chi connectivity index (χ0v) is 55.2. The number of nitrogens with zero attached hydrogens (tertiary/aromatic N) is 8. The van der Waals surface area contributed by atoms with E-state index in [2.05, 4.69) is 11.8 Å². The molecule has 0 saturated carbocycles. The number of pyridine rings is 6. The monoisotopic (exact) mass is 1330 g/mol. The van der Waals surface area contributed by atoms with Crippen molar-refractivity contribution in [3.8, 4) is 45.7 Å². The third kappa shape index (κ3) is 10.0. The lowest BCUT2D eigenvalue weighted by Crippen LogP contribution is -2.48. The highest BCUT2D eigenvalue weighted by Crippen LogP contribution is 2.45. The highest BCUT2D eigenvalue weighted by Gasteiger charge is 2.49. The maximum absolute atomic E-state index is 13.6. The second kappa shape index (κ2) is 24.3. The number of hydrogen-bond donors (Lipinski definition) is 4. The number of cyclic esters (lactones) is 3. The van der Waals surface area contributed by atoms with E-state index in [0.717, 1.165) is 79.1 Å². The molecule has 6 aromatic heterocycles. The van der Waals surface area contributed by atoms with Gasteiger partial charge in [0.2, 0.25) is 0 Å². The molecule has 3 atom stereocenters. The Morgan fingerprint density at radius 3 is 1.48 bits per heavy atom. The minimum Gasteiger partial charge on any atom is -0.508 e. The Hall–Kier alpha value is -9.94. The molecule has 3 aromatic carbocycles. The molecule has 8 aliphatic heterocycles. The van der Waals surface area contributed by atoms with Gasteiger partial charge in [-0.05, 0) is 149 Å². The summed E-state index contributed by atoms with van der Waals surface area (Å²) in [6.45, 7) is 13.6. The summed E-state index contributed by atoms with van der Waals surface area (Å²) in [7, 11) is 0. The van der Waals surface area contributed by atoms with Crippen molar-refractivity contribution < 1.29 is 58.6 Å². The van der Waals surface area contributed by atoms with Crippen LogP contribution >= 0.6 is 0 Å². The molecule has 98 heavy (non-hydrogen) atoms. The maximum atomic E-state index is 13.6. The summed E-state index contributed by atoms with van der Waals surface area (Å²) in [5.41, 5.74) is 6.67. The van der Waals surface area contributed by atoms with E-state index < -0.39 is 34.7 Å². The first-order valence-electron chi connectivity index (χ1n) is 33.9. The van der Waals surface area contributed by atoms with Gasteiger partial charge in [0.25, 0.3) is 16.7 Å². The van der Waals surface area contributed by atoms with Crippen LogP contribution in [0, 0.1) is 0 Å². The number of phenolic OH excluding ortho intramolecular Hbond substituents is 1. The molecule has 2 saturated heterocycles. The number of aliphatic hydroxyl groups is 3. The fraction of sp³-hybridized carbons (Fsp3) is 0.387. The van der Waals surface area contributed by atoms with Crippen LogP contribution in [-0.2, 0) is 97.7 Å². The van der Waals surface area contributed by atoms with Gasteiger partial charge in [0.05, 0.1) is 87.0 Å². The predicted octanol–water partition coefficient (Wildman–Crippen LogP) is 8.52. The molecule has 14 heterocycles. The molecule has 504 valence electrons. The Labute approximate surface area is 561 Å². The number of likely N-dealkylation sites (tertiary alicyclic amines) is 2. The zero-order chi connectivity index (χ0) is 68.4. The van der Waals surface area contributed by atoms with E-state index in [1.807, 2.05) is 54.3 Å². The Balaban J connectivity index is 0.000000125. The average molecular weight is 1330 g/mol. The molecule has 0 aliphatic carbocycles. The Kier molecular flexibility index (Phi) is 15.9. The normalized spacial score (nSPS) is 21.0. The van der Waals surface area contributed by atoms with Crippen molar-refractivity contribution in [3.63, 3.8) is 0 Å². The first-order valence-corrected chi connectivity index (χ1v) is 33.9. The number of phenols is 1. The van der Waals surface area contributed by atoms with Crippen molar-refractivity contribution >= 4 is 56.7 Å². The fourth-order valence-electron chi connectivity index (χ4n) is 15.9. The number of aryl methyl sites for hydroxylation is 2. The van der Waals surface area contributed by atoms with Gasteiger partial charge >= 0.3 is 24.0 Å². The van der Waals surface area contributed by atoms with Crippen LogP contribution in [0.3, 0.4) is 0 Å². The van der Waals surface area contributed by atoms with E-state index in [1.54, 1.807) is 76.9 Å². The molecule has 2 fully saturated rings. The number of carbonyl (C=O) groups is 4. The van der Waals surface area contributed by atoms with Gasteiger partial charge < -0.3 is 62.9 Å². The number of rotatable bonds is 7. The first-order chi connectivity index (χ1) is 47.2. The van der Waals surface area contributed by atoms with Gasteiger partial charge in [-0.1, -0.05) is 59.2 Å². The molecule has 0 unspecified atom stereocenters. The number of carbonyl (C=O) groups excluding carboxylic acids is 4. The fourth-order valence-corrected chi connectivity index (χ4v) is 15.9. The molecule has 23 nitrogen and oxygen atoms in total. The quantitative estimate of drug-likeness (QED) is 0.0858. The topological polar surface area (TPSA) is 297 Å². The number of aromatic hydroxyl groups is 1. The highest BCUT2D eigenvalue weighted by molar-refractivity contribution is 5.93. The van der Waals surface area contributed by atoms with Crippen LogP contribution in [0.5, 0.6) is 11.5 Å². The van der Waals surface area contributed by atoms with E-state index >= 15 is 0 Å². The number of benzene rings is 3. The summed E-state index contributed by atoms with van der Waals surface area (Å²) in [6.07, 6.45) is 7.23. The van der Waals surface area contributed by atoms with Crippen LogP contribution in [0.2, 0.25) is 0 Å². The third-order valence-electron chi connectivity index (χ3n) is 21.5. The van der Waals surface area contributed by atoms with Crippen LogP contribution < -0.4 is 21.4 Å². The number of piperidine rings is 2. The van der Waals surface area contributed by atoms with Crippen molar-refractivity contribution in [1.82, 2.24) is 38.5 Å². The summed E-state index contributed by atoms with van der Waals surface area (Å²) >= 11 is 0. The molecule has 0 spiro atoms. The Morgan fingerprint density at radius 1 is 0.520 bits per heavy atom. The molecule has 0 bridgehead atoms. The van der Waals surface area contributed by atoms with Crippen molar-refractivity contribution in [2.45, 2.75) is 161 Å². The maximum Gasteiger partial charge on any atom is 0.415 e. The van der Waals surface area contributed by atoms with Crippen LogP contribution in [0.25, 0.3) is 66.9 Å². The van der Waals surface area contributed by atoms with Gasteiger partial charge in [0.15, 0.2) is 16.8 Å². The summed E-state index contributed by atoms with van der Waals surface area (Å²) in [5.74, 6) is -1.54. The predicted molar refractivity (Wildman–Crippen MR) is 360 cm³/mol. The van der Waals surface area contributed by atoms with Crippen molar-refractivity contribution in [2.24, 2.45) is 0 Å². The molecular formula is C75H74N8O15.